The van der Waals surface area contributed by atoms with Crippen LogP contribution in [0.3, 0.4) is 0 Å². The highest BCUT2D eigenvalue weighted by molar-refractivity contribution is 7.98. The van der Waals surface area contributed by atoms with Crippen molar-refractivity contribution in [3.05, 3.63) is 69.8 Å². The smallest absolute Gasteiger partial charge is 0.262 e. The van der Waals surface area contributed by atoms with Crippen molar-refractivity contribution in [2.75, 3.05) is 13.7 Å². The van der Waals surface area contributed by atoms with Crippen LogP contribution in [0.25, 0.3) is 22.3 Å². The Morgan fingerprint density at radius 1 is 1.13 bits per heavy atom. The molecule has 0 unspecified atom stereocenters. The van der Waals surface area contributed by atoms with Gasteiger partial charge in [0.25, 0.3) is 5.56 Å². The molecule has 30 heavy (non-hydrogen) atoms. The van der Waals surface area contributed by atoms with Crippen LogP contribution in [0.5, 0.6) is 0 Å². The molecule has 0 aliphatic rings. The highest BCUT2D eigenvalue weighted by atomic mass is 35.5. The number of hydrogen-bond donors (Lipinski definition) is 0. The van der Waals surface area contributed by atoms with Crippen molar-refractivity contribution in [1.82, 2.24) is 19.7 Å². The molecule has 4 rings (SSSR count). The van der Waals surface area contributed by atoms with Gasteiger partial charge in [-0.25, -0.2) is 4.98 Å². The molecule has 0 bridgehead atoms. The maximum atomic E-state index is 13.0. The van der Waals surface area contributed by atoms with Gasteiger partial charge in [-0.15, -0.1) is 0 Å². The number of hydrogen-bond acceptors (Lipinski definition) is 7. The maximum Gasteiger partial charge on any atom is 0.262 e. The van der Waals surface area contributed by atoms with E-state index in [0.717, 1.165) is 0 Å². The average molecular weight is 443 g/mol. The lowest BCUT2D eigenvalue weighted by Gasteiger charge is -2.12. The number of methoxy groups -OCH3 is 1. The topological polar surface area (TPSA) is 83.0 Å². The molecule has 0 saturated carbocycles. The van der Waals surface area contributed by atoms with E-state index in [1.807, 2.05) is 36.4 Å². The second-order valence-corrected chi connectivity index (χ2v) is 7.84. The van der Waals surface area contributed by atoms with Gasteiger partial charge < -0.3 is 9.26 Å². The summed E-state index contributed by atoms with van der Waals surface area (Å²) < 4.78 is 12.2. The Bertz CT molecular complexity index is 1220. The second kappa shape index (κ2) is 9.42. The van der Waals surface area contributed by atoms with Gasteiger partial charge >= 0.3 is 0 Å². The third-order valence-electron chi connectivity index (χ3n) is 4.46. The molecular formula is C21H19ClN4O3S. The maximum absolute atomic E-state index is 13.0. The molecule has 4 aromatic rings. The Morgan fingerprint density at radius 2 is 1.93 bits per heavy atom. The number of thioether (sulfide) groups is 1. The lowest BCUT2D eigenvalue weighted by molar-refractivity contribution is 0.189. The van der Waals surface area contributed by atoms with Crippen LogP contribution in [-0.4, -0.2) is 33.4 Å². The summed E-state index contributed by atoms with van der Waals surface area (Å²) in [6.07, 6.45) is 0.710. The Hall–Kier alpha value is -2.68. The standard InChI is InChI=1S/C21H19ClN4O3S/c1-28-12-6-11-26-20(27)15-8-3-5-10-17(15)23-21(26)30-13-18-24-19(25-29-18)14-7-2-4-9-16(14)22/h2-5,7-10H,6,11-13H2,1H3. The van der Waals surface area contributed by atoms with Crippen LogP contribution in [0.4, 0.5) is 0 Å². The van der Waals surface area contributed by atoms with Gasteiger partial charge in [-0.2, -0.15) is 4.98 Å². The monoisotopic (exact) mass is 442 g/mol. The predicted octanol–water partition coefficient (Wildman–Crippen LogP) is 4.43. The quantitative estimate of drug-likeness (QED) is 0.227. The fourth-order valence-electron chi connectivity index (χ4n) is 3.01. The number of aromatic nitrogens is 4. The van der Waals surface area contributed by atoms with E-state index < -0.39 is 0 Å². The summed E-state index contributed by atoms with van der Waals surface area (Å²) >= 11 is 7.59. The summed E-state index contributed by atoms with van der Waals surface area (Å²) in [6, 6.07) is 14.7. The first kappa shape index (κ1) is 20.6. The van der Waals surface area contributed by atoms with Crippen LogP contribution in [0.2, 0.25) is 5.02 Å². The van der Waals surface area contributed by atoms with Gasteiger partial charge in [0, 0.05) is 25.8 Å². The number of nitrogens with zero attached hydrogens (tertiary/aromatic N) is 4. The lowest BCUT2D eigenvalue weighted by Crippen LogP contribution is -2.24. The number of fused-ring (bicyclic) bond motifs is 1. The van der Waals surface area contributed by atoms with Crippen molar-refractivity contribution >= 4 is 34.3 Å². The molecule has 0 N–H and O–H groups in total. The van der Waals surface area contributed by atoms with Crippen LogP contribution in [0.1, 0.15) is 12.3 Å². The van der Waals surface area contributed by atoms with Crippen molar-refractivity contribution in [3.63, 3.8) is 0 Å². The average Bonchev–Trinajstić information content (AvgIpc) is 3.23. The fourth-order valence-corrected chi connectivity index (χ4v) is 4.10. The highest BCUT2D eigenvalue weighted by Crippen LogP contribution is 2.27. The summed E-state index contributed by atoms with van der Waals surface area (Å²) in [6.45, 7) is 1.08. The van der Waals surface area contributed by atoms with Crippen LogP contribution >= 0.6 is 23.4 Å². The molecule has 7 nitrogen and oxygen atoms in total. The lowest BCUT2D eigenvalue weighted by atomic mass is 10.2. The molecule has 0 atom stereocenters. The van der Waals surface area contributed by atoms with Gasteiger partial charge in [-0.05, 0) is 30.7 Å². The molecule has 2 aromatic carbocycles. The van der Waals surface area contributed by atoms with Crippen molar-refractivity contribution in [1.29, 1.82) is 0 Å². The van der Waals surface area contributed by atoms with Gasteiger partial charge in [0.2, 0.25) is 11.7 Å². The Kier molecular flexibility index (Phi) is 6.47. The summed E-state index contributed by atoms with van der Waals surface area (Å²) in [5, 5.41) is 5.78. The van der Waals surface area contributed by atoms with E-state index in [1.54, 1.807) is 23.8 Å². The van der Waals surface area contributed by atoms with E-state index in [-0.39, 0.29) is 5.56 Å². The molecule has 0 aliphatic carbocycles. The van der Waals surface area contributed by atoms with Crippen LogP contribution in [0.15, 0.2) is 63.0 Å². The van der Waals surface area contributed by atoms with Gasteiger partial charge in [-0.3, -0.25) is 9.36 Å². The number of rotatable bonds is 8. The van der Waals surface area contributed by atoms with Crippen LogP contribution in [-0.2, 0) is 17.0 Å². The normalized spacial score (nSPS) is 11.3. The molecule has 0 saturated heterocycles. The molecule has 154 valence electrons. The number of halogens is 1. The SMILES string of the molecule is COCCCn1c(SCc2nc(-c3ccccc3Cl)no2)nc2ccccc2c1=O. The second-order valence-electron chi connectivity index (χ2n) is 6.49. The molecule has 0 aliphatic heterocycles. The van der Waals surface area contributed by atoms with Gasteiger partial charge in [0.05, 0.1) is 21.7 Å². The summed E-state index contributed by atoms with van der Waals surface area (Å²) in [7, 11) is 1.64. The third-order valence-corrected chi connectivity index (χ3v) is 5.76. The minimum absolute atomic E-state index is 0.0681. The zero-order valence-electron chi connectivity index (χ0n) is 16.2. The highest BCUT2D eigenvalue weighted by Gasteiger charge is 2.15. The van der Waals surface area contributed by atoms with Crippen molar-refractivity contribution < 1.29 is 9.26 Å². The Balaban J connectivity index is 1.60. The van der Waals surface area contributed by atoms with E-state index in [1.165, 1.54) is 11.8 Å². The predicted molar refractivity (Wildman–Crippen MR) is 117 cm³/mol. The molecule has 2 heterocycles. The van der Waals surface area contributed by atoms with Gasteiger partial charge in [0.15, 0.2) is 5.16 Å². The van der Waals surface area contributed by atoms with Crippen molar-refractivity contribution in [3.8, 4) is 11.4 Å². The molecular weight excluding hydrogens is 424 g/mol. The summed E-state index contributed by atoms with van der Waals surface area (Å²) in [5.74, 6) is 1.24. The molecule has 2 aromatic heterocycles. The minimum Gasteiger partial charge on any atom is -0.385 e. The number of para-hydroxylation sites is 1. The molecule has 0 fully saturated rings. The van der Waals surface area contributed by atoms with Crippen LogP contribution in [0, 0.1) is 0 Å². The third kappa shape index (κ3) is 4.40. The van der Waals surface area contributed by atoms with E-state index in [9.17, 15) is 4.79 Å². The van der Waals surface area contributed by atoms with Gasteiger partial charge in [0.1, 0.15) is 0 Å². The number of benzene rings is 2. The van der Waals surface area contributed by atoms with Crippen molar-refractivity contribution in [2.45, 2.75) is 23.9 Å². The molecule has 9 heteroatoms. The molecule has 0 radical (unpaired) electrons. The molecule has 0 amide bonds. The Labute approximate surface area is 182 Å². The number of ether oxygens (including phenoxy) is 1. The van der Waals surface area contributed by atoms with Gasteiger partial charge in [-0.1, -0.05) is 52.8 Å². The fraction of sp³-hybridized carbons (Fsp3) is 0.238. The van der Waals surface area contributed by atoms with Crippen LogP contribution < -0.4 is 5.56 Å². The van der Waals surface area contributed by atoms with E-state index in [2.05, 4.69) is 15.1 Å². The summed E-state index contributed by atoms with van der Waals surface area (Å²) in [5.41, 5.74) is 1.30. The first-order valence-corrected chi connectivity index (χ1v) is 10.7. The van der Waals surface area contributed by atoms with E-state index >= 15 is 0 Å². The largest absolute Gasteiger partial charge is 0.385 e. The minimum atomic E-state index is -0.0681. The first-order valence-electron chi connectivity index (χ1n) is 9.36. The zero-order valence-corrected chi connectivity index (χ0v) is 17.8. The first-order chi connectivity index (χ1) is 14.7. The van der Waals surface area contributed by atoms with Crippen molar-refractivity contribution in [2.24, 2.45) is 0 Å². The summed E-state index contributed by atoms with van der Waals surface area (Å²) in [4.78, 5) is 22.1. The van der Waals surface area contributed by atoms with E-state index in [4.69, 9.17) is 20.9 Å². The van der Waals surface area contributed by atoms with E-state index in [0.29, 0.717) is 63.7 Å². The Morgan fingerprint density at radius 3 is 2.77 bits per heavy atom. The zero-order chi connectivity index (χ0) is 20.9. The molecule has 0 spiro atoms.